The van der Waals surface area contributed by atoms with Crippen LogP contribution in [-0.2, 0) is 6.54 Å². The molecule has 0 fully saturated rings. The van der Waals surface area contributed by atoms with E-state index < -0.39 is 0 Å². The van der Waals surface area contributed by atoms with Crippen molar-refractivity contribution in [2.45, 2.75) is 31.1 Å². The number of rotatable bonds is 5. The lowest BCUT2D eigenvalue weighted by Crippen LogP contribution is -2.28. The van der Waals surface area contributed by atoms with Crippen molar-refractivity contribution in [3.8, 4) is 0 Å². The third-order valence-electron chi connectivity index (χ3n) is 4.22. The fraction of sp³-hybridized carbons (Fsp3) is 0.412. The first-order chi connectivity index (χ1) is 11.2. The summed E-state index contributed by atoms with van der Waals surface area (Å²) in [6, 6.07) is 6.85. The minimum atomic E-state index is 0.357. The molecule has 1 aliphatic heterocycles. The summed E-state index contributed by atoms with van der Waals surface area (Å²) in [5, 5.41) is 11.1. The van der Waals surface area contributed by atoms with Crippen LogP contribution in [0.3, 0.4) is 0 Å². The Bertz CT molecular complexity index is 689. The van der Waals surface area contributed by atoms with E-state index in [1.54, 1.807) is 11.8 Å². The van der Waals surface area contributed by atoms with Gasteiger partial charge in [0, 0.05) is 43.6 Å². The molecule has 0 unspecified atom stereocenters. The molecule has 2 aromatic rings. The number of thioether (sulfide) groups is 1. The fourth-order valence-electron chi connectivity index (χ4n) is 3.00. The molecule has 1 aliphatic rings. The molecule has 2 heterocycles. The van der Waals surface area contributed by atoms with Crippen LogP contribution < -0.4 is 16.0 Å². The highest BCUT2D eigenvalue weighted by Gasteiger charge is 2.20. The first kappa shape index (κ1) is 16.1. The van der Waals surface area contributed by atoms with Crippen LogP contribution in [0, 0.1) is 6.92 Å². The molecule has 0 saturated heterocycles. The number of nitrogens with zero attached hydrogens (tertiary/aromatic N) is 2. The van der Waals surface area contributed by atoms with Crippen molar-refractivity contribution in [1.82, 2.24) is 15.3 Å². The summed E-state index contributed by atoms with van der Waals surface area (Å²) in [5.74, 6) is 0.898. The molecule has 0 aliphatic carbocycles. The standard InChI is InChI=1S/C17H23N5S/c1-11-5-4-6-13-14(7-8-19-15(11)13)20-9-12-10-21-17(23-3)22-16(12)18-2/h4-6,10,14,19-20H,7-9H2,1-3H3,(H,18,21,22)/t14-/m0/s1. The Morgan fingerprint density at radius 2 is 2.26 bits per heavy atom. The van der Waals surface area contributed by atoms with Crippen LogP contribution in [0.2, 0.25) is 0 Å². The van der Waals surface area contributed by atoms with Crippen molar-refractivity contribution < 1.29 is 0 Å². The summed E-state index contributed by atoms with van der Waals surface area (Å²) in [6.45, 7) is 3.90. The van der Waals surface area contributed by atoms with Gasteiger partial charge in [0.25, 0.3) is 0 Å². The van der Waals surface area contributed by atoms with E-state index in [-0.39, 0.29) is 0 Å². The van der Waals surface area contributed by atoms with E-state index in [9.17, 15) is 0 Å². The van der Waals surface area contributed by atoms with Crippen molar-refractivity contribution in [2.24, 2.45) is 0 Å². The number of aryl methyl sites for hydroxylation is 1. The highest BCUT2D eigenvalue weighted by atomic mass is 32.2. The van der Waals surface area contributed by atoms with Crippen LogP contribution in [0.1, 0.15) is 29.2 Å². The van der Waals surface area contributed by atoms with E-state index in [2.05, 4.69) is 51.0 Å². The monoisotopic (exact) mass is 329 g/mol. The molecule has 0 radical (unpaired) electrons. The van der Waals surface area contributed by atoms with Gasteiger partial charge in [-0.05, 0) is 30.7 Å². The zero-order valence-corrected chi connectivity index (χ0v) is 14.6. The topological polar surface area (TPSA) is 61.9 Å². The van der Waals surface area contributed by atoms with Gasteiger partial charge in [-0.15, -0.1) is 0 Å². The molecule has 122 valence electrons. The maximum Gasteiger partial charge on any atom is 0.189 e. The van der Waals surface area contributed by atoms with Gasteiger partial charge in [-0.25, -0.2) is 9.97 Å². The molecule has 1 aromatic carbocycles. The summed E-state index contributed by atoms with van der Waals surface area (Å²) in [4.78, 5) is 8.91. The van der Waals surface area contributed by atoms with Gasteiger partial charge in [0.05, 0.1) is 0 Å². The Hall–Kier alpha value is -1.79. The van der Waals surface area contributed by atoms with Crippen LogP contribution in [-0.4, -0.2) is 29.8 Å². The Morgan fingerprint density at radius 1 is 1.39 bits per heavy atom. The molecular weight excluding hydrogens is 306 g/mol. The molecule has 23 heavy (non-hydrogen) atoms. The molecule has 0 spiro atoms. The van der Waals surface area contributed by atoms with E-state index in [4.69, 9.17) is 0 Å². The van der Waals surface area contributed by atoms with Crippen molar-refractivity contribution in [3.05, 3.63) is 41.1 Å². The minimum Gasteiger partial charge on any atom is -0.384 e. The average molecular weight is 329 g/mol. The van der Waals surface area contributed by atoms with E-state index >= 15 is 0 Å². The number of hydrogen-bond donors (Lipinski definition) is 3. The zero-order chi connectivity index (χ0) is 16.2. The third-order valence-corrected chi connectivity index (χ3v) is 4.78. The largest absolute Gasteiger partial charge is 0.384 e. The first-order valence-corrected chi connectivity index (χ1v) is 9.10. The lowest BCUT2D eigenvalue weighted by Gasteiger charge is -2.29. The summed E-state index contributed by atoms with van der Waals surface area (Å²) in [5.41, 5.74) is 5.03. The second-order valence-electron chi connectivity index (χ2n) is 5.67. The Balaban J connectivity index is 1.76. The van der Waals surface area contributed by atoms with Crippen molar-refractivity contribution >= 4 is 23.3 Å². The summed E-state index contributed by atoms with van der Waals surface area (Å²) < 4.78 is 0. The Labute approximate surface area is 141 Å². The Morgan fingerprint density at radius 3 is 3.04 bits per heavy atom. The van der Waals surface area contributed by atoms with Gasteiger partial charge in [-0.1, -0.05) is 30.0 Å². The number of hydrogen-bond acceptors (Lipinski definition) is 6. The number of para-hydroxylation sites is 1. The molecule has 5 nitrogen and oxygen atoms in total. The first-order valence-electron chi connectivity index (χ1n) is 7.87. The smallest absolute Gasteiger partial charge is 0.189 e. The van der Waals surface area contributed by atoms with Crippen LogP contribution in [0.25, 0.3) is 0 Å². The van der Waals surface area contributed by atoms with Gasteiger partial charge in [0.2, 0.25) is 0 Å². The Kier molecular flexibility index (Phi) is 5.03. The second-order valence-corrected chi connectivity index (χ2v) is 6.44. The van der Waals surface area contributed by atoms with Crippen LogP contribution in [0.5, 0.6) is 0 Å². The van der Waals surface area contributed by atoms with E-state index in [1.165, 1.54) is 16.8 Å². The van der Waals surface area contributed by atoms with E-state index in [0.717, 1.165) is 36.0 Å². The maximum atomic E-state index is 4.52. The van der Waals surface area contributed by atoms with E-state index in [1.807, 2.05) is 19.5 Å². The molecule has 0 bridgehead atoms. The van der Waals surface area contributed by atoms with Crippen LogP contribution >= 0.6 is 11.8 Å². The predicted molar refractivity (Wildman–Crippen MR) is 97.2 cm³/mol. The average Bonchev–Trinajstić information content (AvgIpc) is 2.60. The molecule has 3 rings (SSSR count). The van der Waals surface area contributed by atoms with Gasteiger partial charge in [-0.2, -0.15) is 0 Å². The molecule has 1 aromatic heterocycles. The van der Waals surface area contributed by atoms with Crippen molar-refractivity contribution in [2.75, 3.05) is 30.5 Å². The lowest BCUT2D eigenvalue weighted by molar-refractivity contribution is 0.499. The van der Waals surface area contributed by atoms with Crippen LogP contribution in [0.4, 0.5) is 11.5 Å². The molecule has 6 heteroatoms. The summed E-state index contributed by atoms with van der Waals surface area (Å²) in [6.07, 6.45) is 4.98. The van der Waals surface area contributed by atoms with Gasteiger partial charge >= 0.3 is 0 Å². The lowest BCUT2D eigenvalue weighted by atomic mass is 9.95. The highest BCUT2D eigenvalue weighted by Crippen LogP contribution is 2.32. The summed E-state index contributed by atoms with van der Waals surface area (Å²) >= 11 is 1.55. The SMILES string of the molecule is CNc1nc(SC)ncc1CN[C@H]1CCNc2c(C)cccc21. The molecule has 0 saturated carbocycles. The number of aromatic nitrogens is 2. The van der Waals surface area contributed by atoms with Crippen molar-refractivity contribution in [1.29, 1.82) is 0 Å². The predicted octanol–water partition coefficient (Wildman–Crippen LogP) is 3.20. The fourth-order valence-corrected chi connectivity index (χ4v) is 3.34. The van der Waals surface area contributed by atoms with Gasteiger partial charge in [0.1, 0.15) is 5.82 Å². The molecule has 3 N–H and O–H groups in total. The van der Waals surface area contributed by atoms with Crippen LogP contribution in [0.15, 0.2) is 29.6 Å². The van der Waals surface area contributed by atoms with E-state index in [0.29, 0.717) is 6.04 Å². The van der Waals surface area contributed by atoms with Gasteiger partial charge in [0.15, 0.2) is 5.16 Å². The van der Waals surface area contributed by atoms with Gasteiger partial charge < -0.3 is 16.0 Å². The highest BCUT2D eigenvalue weighted by molar-refractivity contribution is 7.98. The molecule has 0 amide bonds. The summed E-state index contributed by atoms with van der Waals surface area (Å²) in [7, 11) is 1.90. The van der Waals surface area contributed by atoms with Crippen molar-refractivity contribution in [3.63, 3.8) is 0 Å². The number of nitrogens with one attached hydrogen (secondary N) is 3. The number of fused-ring (bicyclic) bond motifs is 1. The number of benzene rings is 1. The normalized spacial score (nSPS) is 16.6. The quantitative estimate of drug-likeness (QED) is 0.578. The van der Waals surface area contributed by atoms with Gasteiger partial charge in [-0.3, -0.25) is 0 Å². The maximum absolute atomic E-state index is 4.52. The molecular formula is C17H23N5S. The number of anilines is 2. The second kappa shape index (κ2) is 7.19. The molecule has 1 atom stereocenters. The third kappa shape index (κ3) is 3.43. The minimum absolute atomic E-state index is 0.357. The zero-order valence-electron chi connectivity index (χ0n) is 13.8.